The van der Waals surface area contributed by atoms with Crippen molar-refractivity contribution in [3.05, 3.63) is 0 Å². The molecule has 1 aliphatic rings. The molecule has 0 spiro atoms. The zero-order valence-corrected chi connectivity index (χ0v) is 8.53. The number of ether oxygens (including phenoxy) is 2. The Balaban J connectivity index is 2.92. The van der Waals surface area contributed by atoms with E-state index in [9.17, 15) is 9.59 Å². The van der Waals surface area contributed by atoms with E-state index in [1.165, 1.54) is 18.9 Å². The molecule has 0 aromatic heterocycles. The second-order valence-corrected chi connectivity index (χ2v) is 3.47. The Morgan fingerprint density at radius 2 is 1.57 bits per heavy atom. The molecule has 0 saturated carbocycles. The minimum Gasteiger partial charge on any atom is -0.418 e. The maximum atomic E-state index is 11.3. The average molecular weight is 200 g/mol. The van der Waals surface area contributed by atoms with E-state index in [0.29, 0.717) is 0 Å². The minimum atomic E-state index is -1.21. The summed E-state index contributed by atoms with van der Waals surface area (Å²) in [6.45, 7) is 2.96. The molecule has 1 heterocycles. The van der Waals surface area contributed by atoms with Crippen molar-refractivity contribution < 1.29 is 19.1 Å². The summed E-state index contributed by atoms with van der Waals surface area (Å²) in [6, 6.07) is 0. The van der Waals surface area contributed by atoms with Gasteiger partial charge in [0, 0.05) is 27.9 Å². The lowest BCUT2D eigenvalue weighted by Crippen LogP contribution is -2.47. The number of esters is 2. The maximum Gasteiger partial charge on any atom is 0.369 e. The standard InChI is InChI=1S/C8H12N2O4/c1-8(2)13-6(11)5(7(12)14-8)9-10(3)4/h1-4H3. The van der Waals surface area contributed by atoms with Gasteiger partial charge >= 0.3 is 11.9 Å². The summed E-state index contributed by atoms with van der Waals surface area (Å²) < 4.78 is 9.64. The van der Waals surface area contributed by atoms with Crippen LogP contribution in [0.25, 0.3) is 0 Å². The molecule has 6 heteroatoms. The molecule has 1 rings (SSSR count). The van der Waals surface area contributed by atoms with Gasteiger partial charge in [-0.3, -0.25) is 0 Å². The zero-order valence-electron chi connectivity index (χ0n) is 8.53. The van der Waals surface area contributed by atoms with Crippen LogP contribution in [-0.2, 0) is 19.1 Å². The van der Waals surface area contributed by atoms with Crippen LogP contribution in [0.3, 0.4) is 0 Å². The highest BCUT2D eigenvalue weighted by Gasteiger charge is 2.40. The van der Waals surface area contributed by atoms with Gasteiger partial charge in [0.1, 0.15) is 0 Å². The first-order chi connectivity index (χ1) is 6.32. The van der Waals surface area contributed by atoms with Crippen LogP contribution in [0.5, 0.6) is 0 Å². The smallest absolute Gasteiger partial charge is 0.369 e. The average Bonchev–Trinajstić information content (AvgIpc) is 1.94. The highest BCUT2D eigenvalue weighted by molar-refractivity contribution is 6.63. The first-order valence-electron chi connectivity index (χ1n) is 4.04. The molecule has 0 N–H and O–H groups in total. The molecule has 1 saturated heterocycles. The summed E-state index contributed by atoms with van der Waals surface area (Å²) in [5.74, 6) is -2.74. The molecular weight excluding hydrogens is 188 g/mol. The number of rotatable bonds is 1. The molecule has 0 aromatic rings. The van der Waals surface area contributed by atoms with Crippen LogP contribution >= 0.6 is 0 Å². The number of nitrogens with zero attached hydrogens (tertiary/aromatic N) is 2. The van der Waals surface area contributed by atoms with Crippen molar-refractivity contribution in [2.75, 3.05) is 14.1 Å². The van der Waals surface area contributed by atoms with Gasteiger partial charge in [-0.1, -0.05) is 0 Å². The van der Waals surface area contributed by atoms with Gasteiger partial charge < -0.3 is 14.5 Å². The number of cyclic esters (lactones) is 2. The predicted molar refractivity (Wildman–Crippen MR) is 47.4 cm³/mol. The zero-order chi connectivity index (χ0) is 10.9. The molecule has 1 fully saturated rings. The molecule has 1 aliphatic heterocycles. The van der Waals surface area contributed by atoms with Crippen LogP contribution in [0.4, 0.5) is 0 Å². The van der Waals surface area contributed by atoms with E-state index in [-0.39, 0.29) is 5.71 Å². The molecule has 0 aliphatic carbocycles. The Bertz CT molecular complexity index is 284. The largest absolute Gasteiger partial charge is 0.418 e. The molecule has 0 radical (unpaired) electrons. The van der Waals surface area contributed by atoms with E-state index in [1.54, 1.807) is 14.1 Å². The second kappa shape index (κ2) is 3.28. The highest BCUT2D eigenvalue weighted by atomic mass is 16.7. The van der Waals surface area contributed by atoms with Crippen molar-refractivity contribution in [1.29, 1.82) is 0 Å². The van der Waals surface area contributed by atoms with E-state index in [1.807, 2.05) is 0 Å². The minimum absolute atomic E-state index is 0.339. The number of carbonyl (C=O) groups is 2. The van der Waals surface area contributed by atoms with Crippen LogP contribution in [0, 0.1) is 0 Å². The normalized spacial score (nSPS) is 19.9. The van der Waals surface area contributed by atoms with Crippen LogP contribution in [-0.4, -0.2) is 42.5 Å². The molecule has 6 nitrogen and oxygen atoms in total. The Hall–Kier alpha value is -1.59. The summed E-state index contributed by atoms with van der Waals surface area (Å²) >= 11 is 0. The second-order valence-electron chi connectivity index (χ2n) is 3.47. The van der Waals surface area contributed by atoms with E-state index in [0.717, 1.165) is 0 Å². The third kappa shape index (κ3) is 2.21. The summed E-state index contributed by atoms with van der Waals surface area (Å²) in [7, 11) is 3.18. The third-order valence-electron chi connectivity index (χ3n) is 1.36. The number of hydrazone groups is 1. The fourth-order valence-corrected chi connectivity index (χ4v) is 0.929. The van der Waals surface area contributed by atoms with Gasteiger partial charge in [0.05, 0.1) is 0 Å². The summed E-state index contributed by atoms with van der Waals surface area (Å²) in [6.07, 6.45) is 0. The fraction of sp³-hybridized carbons (Fsp3) is 0.625. The van der Waals surface area contributed by atoms with E-state index in [4.69, 9.17) is 9.47 Å². The van der Waals surface area contributed by atoms with Crippen molar-refractivity contribution in [2.45, 2.75) is 19.6 Å². The van der Waals surface area contributed by atoms with Crippen molar-refractivity contribution in [3.63, 3.8) is 0 Å². The predicted octanol–water partition coefficient (Wildman–Crippen LogP) is -0.260. The van der Waals surface area contributed by atoms with Gasteiger partial charge in [-0.05, 0) is 0 Å². The van der Waals surface area contributed by atoms with Gasteiger partial charge in [-0.15, -0.1) is 0 Å². The van der Waals surface area contributed by atoms with Crippen LogP contribution in [0.2, 0.25) is 0 Å². The van der Waals surface area contributed by atoms with Crippen molar-refractivity contribution in [3.8, 4) is 0 Å². The lowest BCUT2D eigenvalue weighted by molar-refractivity contribution is -0.214. The quantitative estimate of drug-likeness (QED) is 0.431. The van der Waals surface area contributed by atoms with Crippen molar-refractivity contribution in [1.82, 2.24) is 5.01 Å². The first kappa shape index (κ1) is 10.5. The van der Waals surface area contributed by atoms with Crippen molar-refractivity contribution >= 4 is 17.7 Å². The Morgan fingerprint density at radius 1 is 1.14 bits per heavy atom. The monoisotopic (exact) mass is 200 g/mol. The highest BCUT2D eigenvalue weighted by Crippen LogP contribution is 2.17. The van der Waals surface area contributed by atoms with Crippen LogP contribution in [0.15, 0.2) is 5.10 Å². The lowest BCUT2D eigenvalue weighted by atomic mass is 10.3. The first-order valence-corrected chi connectivity index (χ1v) is 4.04. The van der Waals surface area contributed by atoms with E-state index < -0.39 is 17.7 Å². The van der Waals surface area contributed by atoms with E-state index in [2.05, 4.69) is 5.10 Å². The number of carbonyl (C=O) groups excluding carboxylic acids is 2. The Kier molecular flexibility index (Phi) is 2.46. The summed E-state index contributed by atoms with van der Waals surface area (Å²) in [5.41, 5.74) is -0.339. The molecule has 14 heavy (non-hydrogen) atoms. The summed E-state index contributed by atoms with van der Waals surface area (Å²) in [5, 5.41) is 4.99. The van der Waals surface area contributed by atoms with Gasteiger partial charge in [-0.2, -0.15) is 5.10 Å². The SMILES string of the molecule is CN(C)N=C1C(=O)OC(C)(C)OC1=O. The van der Waals surface area contributed by atoms with Gasteiger partial charge in [0.15, 0.2) is 0 Å². The fourth-order valence-electron chi connectivity index (χ4n) is 0.929. The number of hydrogen-bond donors (Lipinski definition) is 0. The summed E-state index contributed by atoms with van der Waals surface area (Å²) in [4.78, 5) is 22.6. The molecule has 0 aromatic carbocycles. The topological polar surface area (TPSA) is 68.2 Å². The molecule has 0 bridgehead atoms. The maximum absolute atomic E-state index is 11.3. The van der Waals surface area contributed by atoms with Crippen molar-refractivity contribution in [2.24, 2.45) is 5.10 Å². The van der Waals surface area contributed by atoms with Crippen LogP contribution in [0.1, 0.15) is 13.8 Å². The molecular formula is C8H12N2O4. The van der Waals surface area contributed by atoms with Crippen LogP contribution < -0.4 is 0 Å². The van der Waals surface area contributed by atoms with Gasteiger partial charge in [-0.25, -0.2) is 9.59 Å². The Morgan fingerprint density at radius 3 is 1.93 bits per heavy atom. The lowest BCUT2D eigenvalue weighted by Gasteiger charge is -2.29. The molecule has 78 valence electrons. The third-order valence-corrected chi connectivity index (χ3v) is 1.36. The molecule has 0 unspecified atom stereocenters. The van der Waals surface area contributed by atoms with Gasteiger partial charge in [0.2, 0.25) is 0 Å². The van der Waals surface area contributed by atoms with E-state index >= 15 is 0 Å². The van der Waals surface area contributed by atoms with Gasteiger partial charge in [0.25, 0.3) is 11.5 Å². The molecule has 0 atom stereocenters. The molecule has 0 amide bonds. The number of hydrogen-bond acceptors (Lipinski definition) is 6. The Labute approximate surface area is 81.5 Å².